The monoisotopic (exact) mass is 1340 g/mol. The standard InChI is InChI=1S/C61H88Br2N10O14/c1-15-34(6)50(44(85-13)28-45(74)71-27-19-22-43(71)52(86-14)35(7)53(76)64-36(8)51(75)40-20-17-16-18-21-40)69(11)60(83)48(32(2)3)68-57(80)49(33(4)5)70(12)61(84)87-31-39-23-25-42(26-24-39)67-55(78)38(10)65-54(77)37(9)66-56(79)41-29-72-58(81)46(62)47(63)59(82)73(72)30-41/h16-18,20-21,23-26,32-38,41,43-44,48-52,75H,15,19,22,27-31H2,1-14H3,(H,64,76)(H,65,77)(H,66,79)(H,67,78)(H,68,80)/t34-,35-,36-,37+,38+,43+,44-,48+,49+,50+,51-,52-/m1/s1. The van der Waals surface area contributed by atoms with Crippen LogP contribution in [0.15, 0.2) is 73.1 Å². The number of amides is 8. The predicted octanol–water partition coefficient (Wildman–Crippen LogP) is 4.71. The number of likely N-dealkylation sites (N-methyl/N-ethyl adjacent to an activating group) is 2. The molecule has 1 fully saturated rings. The number of anilines is 1. The summed E-state index contributed by atoms with van der Waals surface area (Å²) in [7, 11) is 6.09. The highest BCUT2D eigenvalue weighted by Gasteiger charge is 2.44. The lowest BCUT2D eigenvalue weighted by atomic mass is 9.89. The molecule has 1 saturated heterocycles. The van der Waals surface area contributed by atoms with Crippen LogP contribution >= 0.6 is 31.9 Å². The van der Waals surface area contributed by atoms with E-state index >= 15 is 0 Å². The molecule has 2 aliphatic rings. The number of nitrogens with zero attached hydrogens (tertiary/aromatic N) is 5. The molecule has 2 aromatic carbocycles. The van der Waals surface area contributed by atoms with E-state index in [4.69, 9.17) is 14.2 Å². The van der Waals surface area contributed by atoms with E-state index < -0.39 is 131 Å². The van der Waals surface area contributed by atoms with E-state index in [9.17, 15) is 53.1 Å². The Bertz CT molecular complexity index is 2990. The van der Waals surface area contributed by atoms with Gasteiger partial charge in [-0.1, -0.05) is 97.4 Å². The third kappa shape index (κ3) is 17.7. The third-order valence-corrected chi connectivity index (χ3v) is 18.7. The summed E-state index contributed by atoms with van der Waals surface area (Å²) in [5.74, 6) is -5.80. The predicted molar refractivity (Wildman–Crippen MR) is 333 cm³/mol. The fourth-order valence-corrected chi connectivity index (χ4v) is 12.1. The highest BCUT2D eigenvalue weighted by Crippen LogP contribution is 2.31. The Morgan fingerprint density at radius 1 is 0.713 bits per heavy atom. The van der Waals surface area contributed by atoms with Gasteiger partial charge >= 0.3 is 6.09 Å². The van der Waals surface area contributed by atoms with E-state index in [-0.39, 0.29) is 52.8 Å². The Kier molecular flexibility index (Phi) is 26.3. The van der Waals surface area contributed by atoms with E-state index in [1.54, 1.807) is 94.8 Å². The number of halogens is 2. The number of methoxy groups -OCH3 is 2. The second-order valence-electron chi connectivity index (χ2n) is 23.6. The van der Waals surface area contributed by atoms with Gasteiger partial charge in [0.05, 0.1) is 67.8 Å². The summed E-state index contributed by atoms with van der Waals surface area (Å²) in [5.41, 5.74) is 0.606. The van der Waals surface area contributed by atoms with Crippen LogP contribution < -0.4 is 37.7 Å². The molecule has 0 radical (unpaired) electrons. The molecule has 24 nitrogen and oxygen atoms in total. The van der Waals surface area contributed by atoms with Gasteiger partial charge in [0.25, 0.3) is 11.1 Å². The van der Waals surface area contributed by atoms with Crippen molar-refractivity contribution in [3.63, 3.8) is 0 Å². The Morgan fingerprint density at radius 3 is 1.84 bits per heavy atom. The molecule has 0 aliphatic carbocycles. The Morgan fingerprint density at radius 2 is 1.30 bits per heavy atom. The first kappa shape index (κ1) is 71.3. The summed E-state index contributed by atoms with van der Waals surface area (Å²) >= 11 is 6.19. The first-order chi connectivity index (χ1) is 41.0. The molecule has 1 aromatic heterocycles. The fraction of sp³-hybridized carbons (Fsp3) is 0.607. The minimum Gasteiger partial charge on any atom is -0.445 e. The smallest absolute Gasteiger partial charge is 0.410 e. The Labute approximate surface area is 525 Å². The fourth-order valence-electron chi connectivity index (χ4n) is 11.3. The molecular formula is C61H88Br2N10O14. The molecule has 5 rings (SSSR count). The molecule has 0 spiro atoms. The van der Waals surface area contributed by atoms with Crippen molar-refractivity contribution in [2.24, 2.45) is 29.6 Å². The highest BCUT2D eigenvalue weighted by atomic mass is 79.9. The number of aliphatic hydroxyl groups excluding tert-OH is 1. The number of aliphatic hydroxyl groups is 1. The van der Waals surface area contributed by atoms with Gasteiger partial charge in [0.2, 0.25) is 41.4 Å². The molecule has 3 aromatic rings. The van der Waals surface area contributed by atoms with Gasteiger partial charge in [0, 0.05) is 40.5 Å². The van der Waals surface area contributed by atoms with Crippen molar-refractivity contribution in [2.45, 2.75) is 175 Å². The number of aromatic nitrogens is 2. The summed E-state index contributed by atoms with van der Waals surface area (Å²) in [6.07, 6.45) is -1.35. The molecule has 2 aliphatic heterocycles. The number of fused-ring (bicyclic) bond motifs is 1. The largest absolute Gasteiger partial charge is 0.445 e. The third-order valence-electron chi connectivity index (χ3n) is 16.7. The molecule has 480 valence electrons. The van der Waals surface area contributed by atoms with E-state index in [1.165, 1.54) is 40.0 Å². The quantitative estimate of drug-likeness (QED) is 0.0575. The molecular weight excluding hydrogens is 1260 g/mol. The van der Waals surface area contributed by atoms with E-state index in [0.29, 0.717) is 42.6 Å². The van der Waals surface area contributed by atoms with Crippen LogP contribution in [-0.2, 0) is 67.5 Å². The van der Waals surface area contributed by atoms with Crippen LogP contribution in [0.3, 0.4) is 0 Å². The average molecular weight is 1350 g/mol. The number of benzene rings is 2. The van der Waals surface area contributed by atoms with Crippen LogP contribution in [0, 0.1) is 29.6 Å². The summed E-state index contributed by atoms with van der Waals surface area (Å²) in [6, 6.07) is 9.59. The Balaban J connectivity index is 1.14. The summed E-state index contributed by atoms with van der Waals surface area (Å²) in [5, 5.41) is 24.7. The van der Waals surface area contributed by atoms with Gasteiger partial charge in [-0.2, -0.15) is 0 Å². The lowest BCUT2D eigenvalue weighted by Crippen LogP contribution is -2.60. The summed E-state index contributed by atoms with van der Waals surface area (Å²) in [6.45, 7) is 17.6. The van der Waals surface area contributed by atoms with Crippen molar-refractivity contribution in [1.29, 1.82) is 0 Å². The SMILES string of the molecule is CC[C@@H](C)[C@@H]([C@@H](CC(=O)N1CCC[C@H]1[C@H](OC)[C@@H](C)C(=O)N[C@H](C)[C@@H](O)c1ccccc1)OC)N(C)C(=O)[C@@H](NC(=O)[C@H](C(C)C)N(C)C(=O)OCc1ccc(NC(=O)[C@H](C)NC(=O)[C@H](C)NC(=O)C2Cn3c(=O)c(Br)c(Br)c(=O)n3C2)cc1)C(C)C. The molecule has 0 unspecified atom stereocenters. The summed E-state index contributed by atoms with van der Waals surface area (Å²) in [4.78, 5) is 140. The molecule has 26 heteroatoms. The molecule has 0 saturated carbocycles. The van der Waals surface area contributed by atoms with Crippen LogP contribution in [-0.4, -0.2) is 166 Å². The molecule has 3 heterocycles. The van der Waals surface area contributed by atoms with Gasteiger partial charge in [0.1, 0.15) is 39.7 Å². The van der Waals surface area contributed by atoms with Crippen molar-refractivity contribution in [1.82, 2.24) is 45.3 Å². The van der Waals surface area contributed by atoms with Gasteiger partial charge < -0.3 is 55.7 Å². The normalized spacial score (nSPS) is 17.9. The maximum Gasteiger partial charge on any atom is 0.410 e. The number of ether oxygens (including phenoxy) is 3. The van der Waals surface area contributed by atoms with Crippen molar-refractivity contribution in [2.75, 3.05) is 40.2 Å². The first-order valence-corrected chi connectivity index (χ1v) is 31.1. The molecule has 0 bridgehead atoms. The number of hydrogen-bond acceptors (Lipinski definition) is 14. The number of hydrogen-bond donors (Lipinski definition) is 6. The second kappa shape index (κ2) is 32.1. The number of likely N-dealkylation sites (tertiary alicyclic amines) is 1. The highest BCUT2D eigenvalue weighted by molar-refractivity contribution is 9.13. The van der Waals surface area contributed by atoms with Gasteiger partial charge in [-0.3, -0.25) is 48.1 Å². The molecule has 12 atom stereocenters. The second-order valence-corrected chi connectivity index (χ2v) is 25.2. The zero-order valence-corrected chi connectivity index (χ0v) is 55.4. The van der Waals surface area contributed by atoms with E-state index in [2.05, 4.69) is 58.4 Å². The minimum absolute atomic E-state index is 0.0416. The molecule has 6 N–H and O–H groups in total. The molecule has 87 heavy (non-hydrogen) atoms. The number of carbonyl (C=O) groups excluding carboxylic acids is 8. The maximum atomic E-state index is 14.7. The molecule has 8 amide bonds. The van der Waals surface area contributed by atoms with Gasteiger partial charge in [-0.05, 0) is 106 Å². The van der Waals surface area contributed by atoms with Crippen molar-refractivity contribution < 1.29 is 57.7 Å². The first-order valence-electron chi connectivity index (χ1n) is 29.5. The summed E-state index contributed by atoms with van der Waals surface area (Å²) < 4.78 is 20.1. The van der Waals surface area contributed by atoms with Crippen LogP contribution in [0.25, 0.3) is 0 Å². The zero-order chi connectivity index (χ0) is 64.9. The number of rotatable bonds is 28. The maximum absolute atomic E-state index is 14.7. The average Bonchev–Trinajstić information content (AvgIpc) is 1.87. The van der Waals surface area contributed by atoms with Crippen molar-refractivity contribution in [3.8, 4) is 0 Å². The lowest BCUT2D eigenvalue weighted by Gasteiger charge is -2.41. The van der Waals surface area contributed by atoms with Gasteiger partial charge in [-0.25, -0.2) is 14.2 Å². The van der Waals surface area contributed by atoms with E-state index in [1.807, 2.05) is 32.0 Å². The van der Waals surface area contributed by atoms with Crippen molar-refractivity contribution in [3.05, 3.63) is 95.4 Å². The topological polar surface area (TPSA) is 298 Å². The van der Waals surface area contributed by atoms with Crippen molar-refractivity contribution >= 4 is 85.0 Å². The number of nitrogens with one attached hydrogen (secondary N) is 5. The number of carbonyl (C=O) groups is 8. The van der Waals surface area contributed by atoms with Crippen LogP contribution in [0.5, 0.6) is 0 Å². The zero-order valence-electron chi connectivity index (χ0n) is 52.3. The van der Waals surface area contributed by atoms with E-state index in [0.717, 1.165) is 9.36 Å². The lowest BCUT2D eigenvalue weighted by molar-refractivity contribution is -0.148. The van der Waals surface area contributed by atoms with Gasteiger partial charge in [0.15, 0.2) is 0 Å². The van der Waals surface area contributed by atoms with Crippen LogP contribution in [0.1, 0.15) is 112 Å². The Hall–Kier alpha value is -6.48. The minimum atomic E-state index is -1.07. The van der Waals surface area contributed by atoms with Crippen LogP contribution in [0.2, 0.25) is 0 Å². The van der Waals surface area contributed by atoms with Crippen LogP contribution in [0.4, 0.5) is 10.5 Å². The van der Waals surface area contributed by atoms with Gasteiger partial charge in [-0.15, -0.1) is 0 Å².